The molecule has 6 nitrogen and oxygen atoms in total. The van der Waals surface area contributed by atoms with Gasteiger partial charge in [-0.15, -0.1) is 0 Å². The van der Waals surface area contributed by atoms with E-state index in [-0.39, 0.29) is 18.4 Å². The number of amides is 2. The number of ether oxygens (including phenoxy) is 2. The van der Waals surface area contributed by atoms with Crippen LogP contribution in [-0.4, -0.2) is 55.3 Å². The Labute approximate surface area is 159 Å². The zero-order valence-corrected chi connectivity index (χ0v) is 15.9. The summed E-state index contributed by atoms with van der Waals surface area (Å²) in [7, 11) is 1.56. The number of carbonyl (C=O) groups is 2. The fraction of sp³-hybridized carbons (Fsp3) is 0.600. The standard InChI is InChI=1S/C20H27FN2O4/c1-14-7-9-20(10-8-14)23(19(25)15-3-5-16(21)6-4-15)17(13-27-20)18(24)22-11-12-26-2/h3-6,14,17H,7-13H2,1-2H3,(H,22,24)/t14?,17-,20?/m0/s1. The van der Waals surface area contributed by atoms with Crippen molar-refractivity contribution in [2.45, 2.75) is 44.4 Å². The highest BCUT2D eigenvalue weighted by molar-refractivity contribution is 5.98. The largest absolute Gasteiger partial charge is 0.383 e. The Bertz CT molecular complexity index is 671. The number of hydrogen-bond acceptors (Lipinski definition) is 4. The molecule has 1 heterocycles. The van der Waals surface area contributed by atoms with Crippen molar-refractivity contribution in [2.24, 2.45) is 5.92 Å². The molecule has 0 bridgehead atoms. The molecule has 27 heavy (non-hydrogen) atoms. The van der Waals surface area contributed by atoms with E-state index in [2.05, 4.69) is 12.2 Å². The minimum atomic E-state index is -0.763. The zero-order valence-electron chi connectivity index (χ0n) is 15.9. The van der Waals surface area contributed by atoms with Crippen LogP contribution in [0.4, 0.5) is 4.39 Å². The fourth-order valence-corrected chi connectivity index (χ4v) is 3.91. The Kier molecular flexibility index (Phi) is 6.11. The predicted octanol–water partition coefficient (Wildman–Crippen LogP) is 2.34. The molecular formula is C20H27FN2O4. The van der Waals surface area contributed by atoms with Crippen LogP contribution < -0.4 is 5.32 Å². The van der Waals surface area contributed by atoms with E-state index in [4.69, 9.17) is 9.47 Å². The minimum absolute atomic E-state index is 0.167. The van der Waals surface area contributed by atoms with Crippen LogP contribution in [0, 0.1) is 11.7 Å². The molecule has 1 aromatic rings. The van der Waals surface area contributed by atoms with Gasteiger partial charge < -0.3 is 14.8 Å². The molecule has 2 aliphatic rings. The maximum atomic E-state index is 13.3. The summed E-state index contributed by atoms with van der Waals surface area (Å²) in [5, 5.41) is 2.80. The molecule has 7 heteroatoms. The number of nitrogens with one attached hydrogen (secondary N) is 1. The first kappa shape index (κ1) is 19.8. The molecule has 0 unspecified atom stereocenters. The van der Waals surface area contributed by atoms with Crippen molar-refractivity contribution in [3.8, 4) is 0 Å². The Morgan fingerprint density at radius 1 is 1.30 bits per heavy atom. The molecule has 1 aliphatic heterocycles. The number of methoxy groups -OCH3 is 1. The lowest BCUT2D eigenvalue weighted by Gasteiger charge is -2.43. The number of rotatable bonds is 5. The molecule has 2 amide bonds. The molecular weight excluding hydrogens is 351 g/mol. The van der Waals surface area contributed by atoms with Gasteiger partial charge in [0.2, 0.25) is 5.91 Å². The SMILES string of the molecule is COCCNC(=O)[C@@H]1COC2(CCC(C)CC2)N1C(=O)c1ccc(F)cc1. The number of halogens is 1. The third-order valence-corrected chi connectivity index (χ3v) is 5.53. The van der Waals surface area contributed by atoms with Gasteiger partial charge in [0.25, 0.3) is 5.91 Å². The predicted molar refractivity (Wildman–Crippen MR) is 97.6 cm³/mol. The fourth-order valence-electron chi connectivity index (χ4n) is 3.91. The van der Waals surface area contributed by atoms with Crippen LogP contribution in [-0.2, 0) is 14.3 Å². The second-order valence-corrected chi connectivity index (χ2v) is 7.42. The van der Waals surface area contributed by atoms with Gasteiger partial charge in [0.15, 0.2) is 0 Å². The van der Waals surface area contributed by atoms with Crippen molar-refractivity contribution in [1.29, 1.82) is 0 Å². The molecule has 1 aliphatic carbocycles. The average Bonchev–Trinajstić information content (AvgIpc) is 3.03. The Hall–Kier alpha value is -1.99. The molecule has 2 fully saturated rings. The van der Waals surface area contributed by atoms with E-state index in [1.54, 1.807) is 12.0 Å². The van der Waals surface area contributed by atoms with Crippen LogP contribution in [0.1, 0.15) is 43.0 Å². The Morgan fingerprint density at radius 3 is 2.59 bits per heavy atom. The lowest BCUT2D eigenvalue weighted by atomic mass is 9.83. The highest BCUT2D eigenvalue weighted by Gasteiger charge is 2.53. The van der Waals surface area contributed by atoms with E-state index in [1.165, 1.54) is 24.3 Å². The van der Waals surface area contributed by atoms with E-state index >= 15 is 0 Å². The van der Waals surface area contributed by atoms with Gasteiger partial charge in [-0.1, -0.05) is 6.92 Å². The summed E-state index contributed by atoms with van der Waals surface area (Å²) in [6.45, 7) is 3.12. The van der Waals surface area contributed by atoms with E-state index in [0.29, 0.717) is 37.5 Å². The van der Waals surface area contributed by atoms with Crippen LogP contribution in [0.3, 0.4) is 0 Å². The van der Waals surface area contributed by atoms with Crippen molar-refractivity contribution in [2.75, 3.05) is 26.9 Å². The lowest BCUT2D eigenvalue weighted by molar-refractivity contribution is -0.128. The third kappa shape index (κ3) is 4.14. The maximum absolute atomic E-state index is 13.3. The Balaban J connectivity index is 1.86. The topological polar surface area (TPSA) is 67.9 Å². The maximum Gasteiger partial charge on any atom is 0.256 e. The van der Waals surface area contributed by atoms with Gasteiger partial charge in [-0.3, -0.25) is 14.5 Å². The second-order valence-electron chi connectivity index (χ2n) is 7.42. The van der Waals surface area contributed by atoms with Gasteiger partial charge in [-0.05, 0) is 55.9 Å². The molecule has 1 N–H and O–H groups in total. The summed E-state index contributed by atoms with van der Waals surface area (Å²) in [6, 6.07) is 4.72. The number of nitrogens with zero attached hydrogens (tertiary/aromatic N) is 1. The smallest absolute Gasteiger partial charge is 0.256 e. The molecule has 1 aromatic carbocycles. The van der Waals surface area contributed by atoms with Crippen molar-refractivity contribution >= 4 is 11.8 Å². The van der Waals surface area contributed by atoms with Crippen LogP contribution in [0.25, 0.3) is 0 Å². The van der Waals surface area contributed by atoms with Gasteiger partial charge >= 0.3 is 0 Å². The summed E-state index contributed by atoms with van der Waals surface area (Å²) in [4.78, 5) is 27.6. The number of carbonyl (C=O) groups excluding carboxylic acids is 2. The van der Waals surface area contributed by atoms with Crippen LogP contribution >= 0.6 is 0 Å². The number of hydrogen-bond donors (Lipinski definition) is 1. The van der Waals surface area contributed by atoms with Crippen molar-refractivity contribution < 1.29 is 23.5 Å². The van der Waals surface area contributed by atoms with Crippen molar-refractivity contribution in [3.63, 3.8) is 0 Å². The normalized spacial score (nSPS) is 27.7. The molecule has 148 valence electrons. The highest BCUT2D eigenvalue weighted by atomic mass is 19.1. The molecule has 3 rings (SSSR count). The van der Waals surface area contributed by atoms with E-state index in [0.717, 1.165) is 12.8 Å². The first-order valence-electron chi connectivity index (χ1n) is 9.47. The number of benzene rings is 1. The van der Waals surface area contributed by atoms with Gasteiger partial charge in [0.05, 0.1) is 13.2 Å². The van der Waals surface area contributed by atoms with Crippen LogP contribution in [0.15, 0.2) is 24.3 Å². The molecule has 1 atom stereocenters. The lowest BCUT2D eigenvalue weighted by Crippen LogP contribution is -2.57. The monoisotopic (exact) mass is 378 g/mol. The van der Waals surface area contributed by atoms with Crippen molar-refractivity contribution in [3.05, 3.63) is 35.6 Å². The van der Waals surface area contributed by atoms with Gasteiger partial charge in [-0.2, -0.15) is 0 Å². The average molecular weight is 378 g/mol. The first-order chi connectivity index (χ1) is 13.0. The molecule has 1 saturated carbocycles. The summed E-state index contributed by atoms with van der Waals surface area (Å²) in [5.41, 5.74) is -0.407. The molecule has 0 radical (unpaired) electrons. The summed E-state index contributed by atoms with van der Waals surface area (Å²) >= 11 is 0. The summed E-state index contributed by atoms with van der Waals surface area (Å²) < 4.78 is 24.3. The Morgan fingerprint density at radius 2 is 1.96 bits per heavy atom. The van der Waals surface area contributed by atoms with E-state index in [9.17, 15) is 14.0 Å². The quantitative estimate of drug-likeness (QED) is 0.799. The van der Waals surface area contributed by atoms with Crippen LogP contribution in [0.5, 0.6) is 0 Å². The van der Waals surface area contributed by atoms with Crippen LogP contribution in [0.2, 0.25) is 0 Å². The molecule has 1 saturated heterocycles. The summed E-state index contributed by atoms with van der Waals surface area (Å²) in [5.74, 6) is -0.386. The second kappa shape index (κ2) is 8.35. The van der Waals surface area contributed by atoms with Gasteiger partial charge in [0, 0.05) is 19.2 Å². The van der Waals surface area contributed by atoms with Crippen molar-refractivity contribution in [1.82, 2.24) is 10.2 Å². The minimum Gasteiger partial charge on any atom is -0.383 e. The van der Waals surface area contributed by atoms with E-state index in [1.807, 2.05) is 0 Å². The molecule has 1 spiro atoms. The van der Waals surface area contributed by atoms with E-state index < -0.39 is 17.6 Å². The van der Waals surface area contributed by atoms with Gasteiger partial charge in [-0.25, -0.2) is 4.39 Å². The summed E-state index contributed by atoms with van der Waals surface area (Å²) in [6.07, 6.45) is 3.27. The first-order valence-corrected chi connectivity index (χ1v) is 9.47. The third-order valence-electron chi connectivity index (χ3n) is 5.53. The molecule has 0 aromatic heterocycles. The highest BCUT2D eigenvalue weighted by Crippen LogP contribution is 2.43. The zero-order chi connectivity index (χ0) is 19.4. The van der Waals surface area contributed by atoms with Gasteiger partial charge in [0.1, 0.15) is 17.6 Å².